The summed E-state index contributed by atoms with van der Waals surface area (Å²) in [6.45, 7) is -0.222. The molecule has 0 unspecified atom stereocenters. The summed E-state index contributed by atoms with van der Waals surface area (Å²) in [4.78, 5) is 29.3. The van der Waals surface area contributed by atoms with Crippen molar-refractivity contribution in [3.8, 4) is 5.75 Å². The minimum absolute atomic E-state index is 0.0505. The van der Waals surface area contributed by atoms with Gasteiger partial charge in [0.05, 0.1) is 0 Å². The molecule has 0 atom stereocenters. The number of carbonyl (C=O) groups is 1. The van der Waals surface area contributed by atoms with Crippen LogP contribution in [0.2, 0.25) is 0 Å². The Kier molecular flexibility index (Phi) is 8.15. The number of benzene rings is 1. The van der Waals surface area contributed by atoms with E-state index in [1.54, 1.807) is 0 Å². The lowest BCUT2D eigenvalue weighted by molar-refractivity contribution is -0.116. The average Bonchev–Trinajstić information content (AvgIpc) is 2.44. The van der Waals surface area contributed by atoms with E-state index >= 15 is 0 Å². The molecule has 0 aliphatic heterocycles. The number of unbranched alkanes of at least 4 members (excludes halogenated alkanes) is 2. The predicted octanol–water partition coefficient (Wildman–Crippen LogP) is 2.20. The van der Waals surface area contributed by atoms with Crippen LogP contribution >= 0.6 is 8.60 Å². The van der Waals surface area contributed by atoms with Crippen molar-refractivity contribution in [2.45, 2.75) is 32.4 Å². The van der Waals surface area contributed by atoms with Gasteiger partial charge in [-0.15, -0.1) is 0 Å². The molecule has 1 rings (SSSR count). The first-order valence-electron chi connectivity index (χ1n) is 6.61. The summed E-state index contributed by atoms with van der Waals surface area (Å²) in [6, 6.07) is 4.32. The van der Waals surface area contributed by atoms with Gasteiger partial charge in [-0.1, -0.05) is 6.42 Å². The molecule has 21 heavy (non-hydrogen) atoms. The smallest absolute Gasteiger partial charge is 0.391 e. The van der Waals surface area contributed by atoms with Gasteiger partial charge in [0, 0.05) is 17.7 Å². The van der Waals surface area contributed by atoms with Crippen molar-refractivity contribution in [1.29, 1.82) is 0 Å². The van der Waals surface area contributed by atoms with Gasteiger partial charge in [0.25, 0.3) is 0 Å². The Bertz CT molecular complexity index is 460. The standard InChI is InChI=1S/C13H20FN2O4P/c14-9-10-8-11(5-6-12(10)20-21(18)19)16-13(17)4-2-1-3-7-15/h5-6,8,18-19H,1-4,7,9,15H2,(H,16,17). The molecule has 0 radical (unpaired) electrons. The maximum atomic E-state index is 12.9. The summed E-state index contributed by atoms with van der Waals surface area (Å²) in [7, 11) is -2.60. The van der Waals surface area contributed by atoms with E-state index in [0.717, 1.165) is 19.3 Å². The monoisotopic (exact) mass is 318 g/mol. The molecule has 118 valence electrons. The molecule has 0 heterocycles. The Morgan fingerprint density at radius 2 is 2.10 bits per heavy atom. The summed E-state index contributed by atoms with van der Waals surface area (Å²) >= 11 is 0. The van der Waals surface area contributed by atoms with Crippen LogP contribution in [0.5, 0.6) is 5.75 Å². The molecule has 1 aromatic carbocycles. The van der Waals surface area contributed by atoms with Crippen LogP contribution < -0.4 is 15.6 Å². The Morgan fingerprint density at radius 1 is 1.33 bits per heavy atom. The Morgan fingerprint density at radius 3 is 2.71 bits per heavy atom. The van der Waals surface area contributed by atoms with Crippen LogP contribution in [-0.2, 0) is 11.5 Å². The zero-order valence-corrected chi connectivity index (χ0v) is 12.5. The first-order chi connectivity index (χ1) is 10.1. The molecule has 6 nitrogen and oxygen atoms in total. The summed E-state index contributed by atoms with van der Waals surface area (Å²) in [5.41, 5.74) is 5.96. The van der Waals surface area contributed by atoms with Gasteiger partial charge in [-0.05, 0) is 37.6 Å². The van der Waals surface area contributed by atoms with Gasteiger partial charge in [0.15, 0.2) is 0 Å². The molecular weight excluding hydrogens is 298 g/mol. The number of hydrogen-bond acceptors (Lipinski definition) is 5. The van der Waals surface area contributed by atoms with Crippen molar-refractivity contribution in [2.75, 3.05) is 11.9 Å². The molecule has 0 spiro atoms. The minimum atomic E-state index is -2.60. The summed E-state index contributed by atoms with van der Waals surface area (Å²) in [5, 5.41) is 2.66. The molecule has 1 amide bonds. The van der Waals surface area contributed by atoms with E-state index in [1.807, 2.05) is 0 Å². The van der Waals surface area contributed by atoms with Crippen molar-refractivity contribution < 1.29 is 23.5 Å². The number of halogens is 1. The van der Waals surface area contributed by atoms with Crippen molar-refractivity contribution in [2.24, 2.45) is 5.73 Å². The molecule has 0 saturated carbocycles. The number of rotatable bonds is 9. The average molecular weight is 318 g/mol. The molecule has 0 aliphatic carbocycles. The molecule has 5 N–H and O–H groups in total. The van der Waals surface area contributed by atoms with Gasteiger partial charge in [0.1, 0.15) is 12.4 Å². The fourth-order valence-corrected chi connectivity index (χ4v) is 2.12. The van der Waals surface area contributed by atoms with Crippen molar-refractivity contribution in [3.63, 3.8) is 0 Å². The molecular formula is C13H20FN2O4P. The van der Waals surface area contributed by atoms with Crippen LogP contribution in [-0.4, -0.2) is 22.2 Å². The Labute approximate surface area is 124 Å². The van der Waals surface area contributed by atoms with E-state index in [-0.39, 0.29) is 17.2 Å². The van der Waals surface area contributed by atoms with Crippen LogP contribution in [0.4, 0.5) is 10.1 Å². The third kappa shape index (κ3) is 6.82. The zero-order chi connectivity index (χ0) is 15.7. The molecule has 1 aromatic rings. The van der Waals surface area contributed by atoms with Crippen LogP contribution in [0.15, 0.2) is 18.2 Å². The van der Waals surface area contributed by atoms with Gasteiger partial charge in [-0.3, -0.25) is 4.79 Å². The first kappa shape index (κ1) is 17.8. The van der Waals surface area contributed by atoms with E-state index in [2.05, 4.69) is 5.32 Å². The molecule has 0 bridgehead atoms. The van der Waals surface area contributed by atoms with Crippen LogP contribution in [0.1, 0.15) is 31.2 Å². The second kappa shape index (κ2) is 9.63. The molecule has 0 fully saturated rings. The number of carbonyl (C=O) groups excluding carboxylic acids is 1. The third-order valence-corrected chi connectivity index (χ3v) is 3.14. The molecule has 0 aliphatic rings. The molecule has 8 heteroatoms. The Hall–Kier alpha value is -1.27. The lowest BCUT2D eigenvalue weighted by Crippen LogP contribution is -2.11. The maximum Gasteiger partial charge on any atom is 0.391 e. The lowest BCUT2D eigenvalue weighted by Gasteiger charge is -2.11. The van der Waals surface area contributed by atoms with Crippen molar-refractivity contribution >= 4 is 20.2 Å². The van der Waals surface area contributed by atoms with Crippen molar-refractivity contribution in [3.05, 3.63) is 23.8 Å². The van der Waals surface area contributed by atoms with Crippen molar-refractivity contribution in [1.82, 2.24) is 0 Å². The van der Waals surface area contributed by atoms with Gasteiger partial charge in [0.2, 0.25) is 5.91 Å². The fourth-order valence-electron chi connectivity index (χ4n) is 1.77. The van der Waals surface area contributed by atoms with E-state index in [4.69, 9.17) is 20.0 Å². The number of nitrogens with two attached hydrogens (primary N) is 1. The van der Waals surface area contributed by atoms with E-state index in [1.165, 1.54) is 18.2 Å². The zero-order valence-electron chi connectivity index (χ0n) is 11.6. The minimum Gasteiger partial charge on any atom is -0.427 e. The highest BCUT2D eigenvalue weighted by atomic mass is 31.2. The quantitative estimate of drug-likeness (QED) is 0.413. The topological polar surface area (TPSA) is 105 Å². The second-order valence-electron chi connectivity index (χ2n) is 4.45. The number of nitrogens with one attached hydrogen (secondary N) is 1. The van der Waals surface area contributed by atoms with Gasteiger partial charge in [-0.25, -0.2) is 4.39 Å². The van der Waals surface area contributed by atoms with Crippen LogP contribution in [0.25, 0.3) is 0 Å². The lowest BCUT2D eigenvalue weighted by atomic mass is 10.1. The number of anilines is 1. The number of amides is 1. The highest BCUT2D eigenvalue weighted by molar-refractivity contribution is 7.39. The fraction of sp³-hybridized carbons (Fsp3) is 0.462. The van der Waals surface area contributed by atoms with Gasteiger partial charge >= 0.3 is 8.60 Å². The second-order valence-corrected chi connectivity index (χ2v) is 5.14. The van der Waals surface area contributed by atoms with E-state index in [0.29, 0.717) is 18.7 Å². The summed E-state index contributed by atoms with van der Waals surface area (Å²) in [5.74, 6) is -0.105. The van der Waals surface area contributed by atoms with E-state index in [9.17, 15) is 9.18 Å². The number of alkyl halides is 1. The highest BCUT2D eigenvalue weighted by Gasteiger charge is 2.11. The summed E-state index contributed by atoms with van der Waals surface area (Å²) in [6.07, 6.45) is 2.90. The molecule has 0 saturated heterocycles. The highest BCUT2D eigenvalue weighted by Crippen LogP contribution is 2.33. The maximum absolute atomic E-state index is 12.9. The van der Waals surface area contributed by atoms with Gasteiger partial charge < -0.3 is 25.4 Å². The predicted molar refractivity (Wildman–Crippen MR) is 79.4 cm³/mol. The van der Waals surface area contributed by atoms with E-state index < -0.39 is 15.3 Å². The van der Waals surface area contributed by atoms with Crippen LogP contribution in [0.3, 0.4) is 0 Å². The first-order valence-corrected chi connectivity index (χ1v) is 7.78. The number of hydrogen-bond donors (Lipinski definition) is 4. The normalized spacial score (nSPS) is 10.7. The third-order valence-electron chi connectivity index (χ3n) is 2.78. The Balaban J connectivity index is 2.57. The SMILES string of the molecule is NCCCCCC(=O)Nc1ccc(OP(O)O)c(CF)c1. The van der Waals surface area contributed by atoms with Gasteiger partial charge in [-0.2, -0.15) is 0 Å². The summed E-state index contributed by atoms with van der Waals surface area (Å²) < 4.78 is 17.6. The molecule has 0 aromatic heterocycles. The van der Waals surface area contributed by atoms with Crippen LogP contribution in [0, 0.1) is 0 Å². The largest absolute Gasteiger partial charge is 0.427 e.